The lowest BCUT2D eigenvalue weighted by molar-refractivity contribution is 0.530. The van der Waals surface area contributed by atoms with Crippen molar-refractivity contribution in [2.45, 2.75) is 25.2 Å². The molecule has 0 radical (unpaired) electrons. The van der Waals surface area contributed by atoms with Gasteiger partial charge in [-0.25, -0.2) is 8.78 Å². The summed E-state index contributed by atoms with van der Waals surface area (Å²) in [6.07, 6.45) is 4.09. The molecular weight excluding hydrogens is 254 g/mol. The zero-order valence-corrected chi connectivity index (χ0v) is 11.2. The lowest BCUT2D eigenvalue weighted by Gasteiger charge is -2.25. The Bertz CT molecular complexity index is 658. The Morgan fingerprint density at radius 3 is 2.65 bits per heavy atom. The van der Waals surface area contributed by atoms with E-state index in [-0.39, 0.29) is 17.6 Å². The summed E-state index contributed by atoms with van der Waals surface area (Å²) in [4.78, 5) is 0. The summed E-state index contributed by atoms with van der Waals surface area (Å²) in [7, 11) is 0. The zero-order valence-electron chi connectivity index (χ0n) is 11.2. The largest absolute Gasteiger partial charge is 0.207 e. The number of rotatable bonds is 2. The molecule has 2 aromatic rings. The standard InChI is InChI=1S/C18H16F2/c1-2-12-3-8-17(18(20)9-12)15-5-4-14-11-16(19)7-6-13(14)10-15/h2-3,6-9,11,15H,1,4-5,10H2. The van der Waals surface area contributed by atoms with Crippen LogP contribution in [0.5, 0.6) is 0 Å². The fourth-order valence-corrected chi connectivity index (χ4v) is 2.99. The molecule has 1 aliphatic carbocycles. The van der Waals surface area contributed by atoms with Crippen molar-refractivity contribution in [3.63, 3.8) is 0 Å². The maximum absolute atomic E-state index is 14.2. The molecule has 1 aliphatic rings. The Hall–Kier alpha value is -1.96. The number of fused-ring (bicyclic) bond motifs is 1. The second kappa shape index (κ2) is 5.20. The third-order valence-electron chi connectivity index (χ3n) is 4.10. The van der Waals surface area contributed by atoms with Crippen molar-refractivity contribution in [1.29, 1.82) is 0 Å². The van der Waals surface area contributed by atoms with Gasteiger partial charge in [0.05, 0.1) is 0 Å². The third-order valence-corrected chi connectivity index (χ3v) is 4.10. The molecule has 102 valence electrons. The van der Waals surface area contributed by atoms with E-state index >= 15 is 0 Å². The van der Waals surface area contributed by atoms with Crippen LogP contribution < -0.4 is 0 Å². The van der Waals surface area contributed by atoms with Gasteiger partial charge in [-0.3, -0.25) is 0 Å². The van der Waals surface area contributed by atoms with Crippen LogP contribution in [0.2, 0.25) is 0 Å². The highest BCUT2D eigenvalue weighted by Gasteiger charge is 2.22. The fraction of sp³-hybridized carbons (Fsp3) is 0.222. The van der Waals surface area contributed by atoms with Gasteiger partial charge < -0.3 is 0 Å². The van der Waals surface area contributed by atoms with E-state index in [0.29, 0.717) is 0 Å². The average molecular weight is 270 g/mol. The smallest absolute Gasteiger partial charge is 0.127 e. The summed E-state index contributed by atoms with van der Waals surface area (Å²) in [5, 5.41) is 0. The number of halogens is 2. The highest BCUT2D eigenvalue weighted by Crippen LogP contribution is 2.34. The van der Waals surface area contributed by atoms with Crippen LogP contribution in [0, 0.1) is 11.6 Å². The molecule has 0 heterocycles. The molecule has 0 bridgehead atoms. The molecule has 2 heteroatoms. The van der Waals surface area contributed by atoms with Crippen molar-refractivity contribution < 1.29 is 8.78 Å². The van der Waals surface area contributed by atoms with Gasteiger partial charge in [-0.2, -0.15) is 0 Å². The highest BCUT2D eigenvalue weighted by molar-refractivity contribution is 5.48. The molecule has 0 saturated carbocycles. The van der Waals surface area contributed by atoms with E-state index in [2.05, 4.69) is 6.58 Å². The predicted octanol–water partition coefficient (Wildman–Crippen LogP) is 4.88. The molecule has 0 N–H and O–H groups in total. The first-order valence-electron chi connectivity index (χ1n) is 6.86. The van der Waals surface area contributed by atoms with E-state index in [4.69, 9.17) is 0 Å². The Kier molecular flexibility index (Phi) is 3.39. The molecule has 0 amide bonds. The molecule has 0 spiro atoms. The fourth-order valence-electron chi connectivity index (χ4n) is 2.99. The van der Waals surface area contributed by atoms with Crippen LogP contribution >= 0.6 is 0 Å². The molecule has 2 aromatic carbocycles. The first kappa shape index (κ1) is 13.0. The second-order valence-corrected chi connectivity index (χ2v) is 5.34. The lowest BCUT2D eigenvalue weighted by atomic mass is 9.80. The first-order valence-corrected chi connectivity index (χ1v) is 6.86. The van der Waals surface area contributed by atoms with Gasteiger partial charge in [0.2, 0.25) is 0 Å². The van der Waals surface area contributed by atoms with Gasteiger partial charge >= 0.3 is 0 Å². The monoisotopic (exact) mass is 270 g/mol. The molecular formula is C18H16F2. The van der Waals surface area contributed by atoms with Gasteiger partial charge in [0.25, 0.3) is 0 Å². The Morgan fingerprint density at radius 1 is 1.05 bits per heavy atom. The molecule has 3 rings (SSSR count). The molecule has 0 aliphatic heterocycles. The summed E-state index contributed by atoms with van der Waals surface area (Å²) in [6, 6.07) is 10.2. The maximum atomic E-state index is 14.2. The van der Waals surface area contributed by atoms with Crippen LogP contribution in [-0.2, 0) is 12.8 Å². The molecule has 20 heavy (non-hydrogen) atoms. The van der Waals surface area contributed by atoms with Gasteiger partial charge in [-0.05, 0) is 65.6 Å². The average Bonchev–Trinajstić information content (AvgIpc) is 2.46. The molecule has 0 fully saturated rings. The number of benzene rings is 2. The van der Waals surface area contributed by atoms with E-state index < -0.39 is 0 Å². The Morgan fingerprint density at radius 2 is 1.90 bits per heavy atom. The second-order valence-electron chi connectivity index (χ2n) is 5.34. The molecule has 0 nitrogen and oxygen atoms in total. The van der Waals surface area contributed by atoms with Crippen LogP contribution in [0.4, 0.5) is 8.78 Å². The summed E-state index contributed by atoms with van der Waals surface area (Å²) >= 11 is 0. The number of aryl methyl sites for hydroxylation is 1. The minimum Gasteiger partial charge on any atom is -0.207 e. The number of hydrogen-bond donors (Lipinski definition) is 0. The van der Waals surface area contributed by atoms with Gasteiger partial charge in [0.15, 0.2) is 0 Å². The molecule has 0 saturated heterocycles. The third kappa shape index (κ3) is 2.38. The Labute approximate surface area is 117 Å². The van der Waals surface area contributed by atoms with E-state index in [0.717, 1.165) is 41.5 Å². The van der Waals surface area contributed by atoms with Crippen LogP contribution in [0.1, 0.15) is 34.6 Å². The molecule has 0 aromatic heterocycles. The van der Waals surface area contributed by atoms with Crippen LogP contribution in [0.15, 0.2) is 43.0 Å². The van der Waals surface area contributed by atoms with E-state index in [1.54, 1.807) is 12.1 Å². The van der Waals surface area contributed by atoms with Crippen molar-refractivity contribution in [3.05, 3.63) is 76.9 Å². The van der Waals surface area contributed by atoms with Crippen molar-refractivity contribution in [1.82, 2.24) is 0 Å². The van der Waals surface area contributed by atoms with E-state index in [9.17, 15) is 8.78 Å². The molecule has 1 atom stereocenters. The number of hydrogen-bond acceptors (Lipinski definition) is 0. The van der Waals surface area contributed by atoms with Crippen molar-refractivity contribution >= 4 is 6.08 Å². The molecule has 1 unspecified atom stereocenters. The highest BCUT2D eigenvalue weighted by atomic mass is 19.1. The van der Waals surface area contributed by atoms with Gasteiger partial charge in [-0.1, -0.05) is 30.9 Å². The van der Waals surface area contributed by atoms with Crippen LogP contribution in [0.3, 0.4) is 0 Å². The summed E-state index contributed by atoms with van der Waals surface area (Å²) in [5.41, 5.74) is 3.74. The van der Waals surface area contributed by atoms with E-state index in [1.807, 2.05) is 18.2 Å². The predicted molar refractivity (Wildman–Crippen MR) is 77.7 cm³/mol. The zero-order chi connectivity index (χ0) is 14.1. The van der Waals surface area contributed by atoms with Gasteiger partial charge in [0, 0.05) is 0 Å². The SMILES string of the molecule is C=Cc1ccc(C2CCc3cc(F)ccc3C2)c(F)c1. The van der Waals surface area contributed by atoms with Gasteiger partial charge in [-0.15, -0.1) is 0 Å². The minimum absolute atomic E-state index is 0.169. The normalized spacial score (nSPS) is 17.6. The van der Waals surface area contributed by atoms with Crippen molar-refractivity contribution in [3.8, 4) is 0 Å². The quantitative estimate of drug-likeness (QED) is 0.729. The van der Waals surface area contributed by atoms with Gasteiger partial charge in [0.1, 0.15) is 11.6 Å². The summed E-state index contributed by atoms with van der Waals surface area (Å²) in [6.45, 7) is 3.65. The van der Waals surface area contributed by atoms with Crippen LogP contribution in [-0.4, -0.2) is 0 Å². The lowest BCUT2D eigenvalue weighted by Crippen LogP contribution is -2.14. The van der Waals surface area contributed by atoms with Crippen molar-refractivity contribution in [2.24, 2.45) is 0 Å². The van der Waals surface area contributed by atoms with E-state index in [1.165, 1.54) is 12.1 Å². The summed E-state index contributed by atoms with van der Waals surface area (Å²) in [5.74, 6) is -0.187. The summed E-state index contributed by atoms with van der Waals surface area (Å²) < 4.78 is 27.3. The topological polar surface area (TPSA) is 0 Å². The maximum Gasteiger partial charge on any atom is 0.127 e. The Balaban J connectivity index is 1.90. The van der Waals surface area contributed by atoms with Crippen LogP contribution in [0.25, 0.3) is 6.08 Å². The first-order chi connectivity index (χ1) is 9.67. The minimum atomic E-state index is -0.191. The van der Waals surface area contributed by atoms with Crippen molar-refractivity contribution in [2.75, 3.05) is 0 Å².